The standard InChI is InChI=1S/C21H17F3N4O4/c1-11-14(6-7-32-11)20(30)28-18-9-13(3-5-16(18)23)27-21(31)25-10-19(29)26-12-2-4-15(22)17(24)8-12/h2-9H,10H2,1H3,(H,26,29)(H,28,30)(H2,25,27,31). The maximum atomic E-state index is 14.1. The number of anilines is 3. The maximum Gasteiger partial charge on any atom is 0.319 e. The molecule has 4 amide bonds. The third kappa shape index (κ3) is 5.65. The Kier molecular flexibility index (Phi) is 6.78. The Hall–Kier alpha value is -4.28. The molecule has 0 atom stereocenters. The molecule has 3 aromatic rings. The van der Waals surface area contributed by atoms with Crippen molar-refractivity contribution in [2.24, 2.45) is 0 Å². The number of halogens is 3. The lowest BCUT2D eigenvalue weighted by molar-refractivity contribution is -0.115. The van der Waals surface area contributed by atoms with Gasteiger partial charge in [0.25, 0.3) is 5.91 Å². The van der Waals surface area contributed by atoms with Crippen molar-refractivity contribution < 1.29 is 32.0 Å². The molecule has 0 fully saturated rings. The Morgan fingerprint density at radius 3 is 2.19 bits per heavy atom. The van der Waals surface area contributed by atoms with Crippen LogP contribution in [0.2, 0.25) is 0 Å². The molecule has 32 heavy (non-hydrogen) atoms. The molecule has 0 saturated heterocycles. The minimum Gasteiger partial charge on any atom is -0.469 e. The van der Waals surface area contributed by atoms with Crippen LogP contribution in [0.15, 0.2) is 53.1 Å². The molecule has 1 heterocycles. The normalized spacial score (nSPS) is 10.4. The fraction of sp³-hybridized carbons (Fsp3) is 0.0952. The molecule has 0 bridgehead atoms. The maximum absolute atomic E-state index is 14.1. The van der Waals surface area contributed by atoms with Crippen molar-refractivity contribution >= 4 is 34.9 Å². The lowest BCUT2D eigenvalue weighted by atomic mass is 10.2. The molecular weight excluding hydrogens is 429 g/mol. The van der Waals surface area contributed by atoms with Gasteiger partial charge in [-0.25, -0.2) is 18.0 Å². The quantitative estimate of drug-likeness (QED) is 0.458. The van der Waals surface area contributed by atoms with Crippen LogP contribution in [0.25, 0.3) is 0 Å². The highest BCUT2D eigenvalue weighted by Crippen LogP contribution is 2.21. The number of furan rings is 1. The third-order valence-electron chi connectivity index (χ3n) is 4.19. The summed E-state index contributed by atoms with van der Waals surface area (Å²) in [6, 6.07) is 6.96. The molecular formula is C21H17F3N4O4. The van der Waals surface area contributed by atoms with E-state index in [0.717, 1.165) is 24.3 Å². The Morgan fingerprint density at radius 1 is 0.844 bits per heavy atom. The predicted molar refractivity (Wildman–Crippen MR) is 110 cm³/mol. The monoisotopic (exact) mass is 446 g/mol. The van der Waals surface area contributed by atoms with Gasteiger partial charge in [0.05, 0.1) is 24.1 Å². The number of rotatable bonds is 6. The SMILES string of the molecule is Cc1occc1C(=O)Nc1cc(NC(=O)NCC(=O)Nc2ccc(F)c(F)c2)ccc1F. The van der Waals surface area contributed by atoms with E-state index in [2.05, 4.69) is 21.3 Å². The first-order chi connectivity index (χ1) is 15.2. The van der Waals surface area contributed by atoms with Crippen LogP contribution in [0.3, 0.4) is 0 Å². The number of carbonyl (C=O) groups excluding carboxylic acids is 3. The number of hydrogen-bond donors (Lipinski definition) is 4. The van der Waals surface area contributed by atoms with Crippen molar-refractivity contribution in [2.45, 2.75) is 6.92 Å². The third-order valence-corrected chi connectivity index (χ3v) is 4.19. The molecule has 0 saturated carbocycles. The summed E-state index contributed by atoms with van der Waals surface area (Å²) in [5.74, 6) is -3.83. The summed E-state index contributed by atoms with van der Waals surface area (Å²) >= 11 is 0. The molecule has 0 spiro atoms. The van der Waals surface area contributed by atoms with Crippen LogP contribution in [-0.2, 0) is 4.79 Å². The molecule has 3 rings (SSSR count). The summed E-state index contributed by atoms with van der Waals surface area (Å²) in [7, 11) is 0. The van der Waals surface area contributed by atoms with Gasteiger partial charge < -0.3 is 25.7 Å². The summed E-state index contributed by atoms with van der Waals surface area (Å²) in [6.45, 7) is 1.10. The zero-order valence-electron chi connectivity index (χ0n) is 16.6. The summed E-state index contributed by atoms with van der Waals surface area (Å²) in [5.41, 5.74) is 0.212. The molecule has 0 unspecified atom stereocenters. The zero-order chi connectivity index (χ0) is 23.3. The second-order valence-corrected chi connectivity index (χ2v) is 6.52. The topological polar surface area (TPSA) is 112 Å². The van der Waals surface area contributed by atoms with Gasteiger partial charge >= 0.3 is 6.03 Å². The highest BCUT2D eigenvalue weighted by molar-refractivity contribution is 6.05. The van der Waals surface area contributed by atoms with Gasteiger partial charge in [0.1, 0.15) is 11.6 Å². The van der Waals surface area contributed by atoms with Crippen molar-refractivity contribution in [1.29, 1.82) is 0 Å². The molecule has 0 aliphatic carbocycles. The molecule has 4 N–H and O–H groups in total. The van der Waals surface area contributed by atoms with Crippen molar-refractivity contribution in [2.75, 3.05) is 22.5 Å². The minimum atomic E-state index is -1.13. The van der Waals surface area contributed by atoms with Gasteiger partial charge in [0.15, 0.2) is 11.6 Å². The van der Waals surface area contributed by atoms with Crippen LogP contribution in [-0.4, -0.2) is 24.4 Å². The van der Waals surface area contributed by atoms with Gasteiger partial charge in [-0.1, -0.05) is 0 Å². The van der Waals surface area contributed by atoms with E-state index >= 15 is 0 Å². The number of carbonyl (C=O) groups is 3. The van der Waals surface area contributed by atoms with E-state index in [0.29, 0.717) is 5.76 Å². The largest absolute Gasteiger partial charge is 0.469 e. The van der Waals surface area contributed by atoms with E-state index in [9.17, 15) is 27.6 Å². The second-order valence-electron chi connectivity index (χ2n) is 6.52. The first-order valence-corrected chi connectivity index (χ1v) is 9.17. The van der Waals surface area contributed by atoms with Gasteiger partial charge in [-0.05, 0) is 43.3 Å². The number of amides is 4. The first-order valence-electron chi connectivity index (χ1n) is 9.17. The highest BCUT2D eigenvalue weighted by Gasteiger charge is 2.15. The van der Waals surface area contributed by atoms with Crippen molar-refractivity contribution in [3.63, 3.8) is 0 Å². The van der Waals surface area contributed by atoms with Gasteiger partial charge in [-0.3, -0.25) is 9.59 Å². The summed E-state index contributed by atoms with van der Waals surface area (Å²) in [4.78, 5) is 36.1. The van der Waals surface area contributed by atoms with E-state index in [1.807, 2.05) is 0 Å². The summed E-state index contributed by atoms with van der Waals surface area (Å²) in [5, 5.41) is 9.33. The number of hydrogen-bond acceptors (Lipinski definition) is 4. The fourth-order valence-corrected chi connectivity index (χ4v) is 2.62. The Bertz CT molecular complexity index is 1180. The number of urea groups is 1. The van der Waals surface area contributed by atoms with Gasteiger partial charge in [0.2, 0.25) is 5.91 Å². The van der Waals surface area contributed by atoms with Crippen LogP contribution < -0.4 is 21.3 Å². The molecule has 1 aromatic heterocycles. The van der Waals surface area contributed by atoms with Crippen LogP contribution in [0, 0.1) is 24.4 Å². The Labute approximate surface area is 179 Å². The molecule has 0 aliphatic heterocycles. The summed E-state index contributed by atoms with van der Waals surface area (Å²) in [6.07, 6.45) is 1.33. The zero-order valence-corrected chi connectivity index (χ0v) is 16.6. The molecule has 8 nitrogen and oxygen atoms in total. The molecule has 0 radical (unpaired) electrons. The van der Waals surface area contributed by atoms with Crippen molar-refractivity contribution in [1.82, 2.24) is 5.32 Å². The lowest BCUT2D eigenvalue weighted by Crippen LogP contribution is -2.35. The molecule has 0 aliphatic rings. The van der Waals surface area contributed by atoms with Gasteiger partial charge in [-0.2, -0.15) is 0 Å². The summed E-state index contributed by atoms with van der Waals surface area (Å²) < 4.78 is 45.2. The Morgan fingerprint density at radius 2 is 1.53 bits per heavy atom. The number of aryl methyl sites for hydroxylation is 1. The average molecular weight is 446 g/mol. The van der Waals surface area contributed by atoms with E-state index < -0.39 is 41.8 Å². The fourth-order valence-electron chi connectivity index (χ4n) is 2.62. The van der Waals surface area contributed by atoms with Gasteiger partial charge in [0, 0.05) is 17.4 Å². The molecule has 11 heteroatoms. The van der Waals surface area contributed by atoms with Crippen molar-refractivity contribution in [3.8, 4) is 0 Å². The minimum absolute atomic E-state index is 0.0166. The van der Waals surface area contributed by atoms with Crippen LogP contribution in [0.5, 0.6) is 0 Å². The Balaban J connectivity index is 1.55. The van der Waals surface area contributed by atoms with Crippen LogP contribution in [0.4, 0.5) is 35.0 Å². The van der Waals surface area contributed by atoms with Crippen LogP contribution >= 0.6 is 0 Å². The van der Waals surface area contributed by atoms with E-state index in [1.165, 1.54) is 24.5 Å². The predicted octanol–water partition coefficient (Wildman–Crippen LogP) is 4.02. The van der Waals surface area contributed by atoms with Crippen LogP contribution in [0.1, 0.15) is 16.1 Å². The highest BCUT2D eigenvalue weighted by atomic mass is 19.2. The smallest absolute Gasteiger partial charge is 0.319 e. The van der Waals surface area contributed by atoms with E-state index in [-0.39, 0.29) is 22.6 Å². The van der Waals surface area contributed by atoms with Crippen molar-refractivity contribution in [3.05, 3.63) is 77.5 Å². The second kappa shape index (κ2) is 9.69. The lowest BCUT2D eigenvalue weighted by Gasteiger charge is -2.11. The van der Waals surface area contributed by atoms with E-state index in [4.69, 9.17) is 4.42 Å². The molecule has 2 aromatic carbocycles. The number of nitrogens with one attached hydrogen (secondary N) is 4. The van der Waals surface area contributed by atoms with Gasteiger partial charge in [-0.15, -0.1) is 0 Å². The van der Waals surface area contributed by atoms with E-state index in [1.54, 1.807) is 6.92 Å². The first kappa shape index (κ1) is 22.4. The number of benzene rings is 2. The molecule has 166 valence electrons. The average Bonchev–Trinajstić information content (AvgIpc) is 3.18.